The lowest BCUT2D eigenvalue weighted by molar-refractivity contribution is 0.266. The summed E-state index contributed by atoms with van der Waals surface area (Å²) in [5, 5.41) is 9.46. The summed E-state index contributed by atoms with van der Waals surface area (Å²) in [4.78, 5) is 0. The first-order valence-electron chi connectivity index (χ1n) is 6.85. The highest BCUT2D eigenvalue weighted by Crippen LogP contribution is 2.37. The standard InChI is InChI=1S/C16H23NO/c1-12(18)16(17)15-9-5-8-14(15)11-10-13-6-3-2-4-7-13/h2-4,6-7,14-16,18H,1,5,8-11,17H2. The Morgan fingerprint density at radius 2 is 2.06 bits per heavy atom. The molecule has 0 bridgehead atoms. The zero-order valence-corrected chi connectivity index (χ0v) is 10.9. The molecular weight excluding hydrogens is 222 g/mol. The predicted molar refractivity (Wildman–Crippen MR) is 75.3 cm³/mol. The van der Waals surface area contributed by atoms with Gasteiger partial charge in [0.15, 0.2) is 0 Å². The summed E-state index contributed by atoms with van der Waals surface area (Å²) < 4.78 is 0. The van der Waals surface area contributed by atoms with E-state index in [2.05, 4.69) is 30.8 Å². The van der Waals surface area contributed by atoms with Crippen LogP contribution in [-0.2, 0) is 6.42 Å². The summed E-state index contributed by atoms with van der Waals surface area (Å²) in [5.74, 6) is 1.18. The summed E-state index contributed by atoms with van der Waals surface area (Å²) in [6.07, 6.45) is 5.85. The van der Waals surface area contributed by atoms with Crippen LogP contribution in [-0.4, -0.2) is 11.1 Å². The molecular formula is C16H23NO. The van der Waals surface area contributed by atoms with Crippen molar-refractivity contribution in [3.05, 3.63) is 48.2 Å². The lowest BCUT2D eigenvalue weighted by Crippen LogP contribution is -2.34. The Labute approximate surface area is 110 Å². The molecule has 1 aromatic rings. The fraction of sp³-hybridized carbons (Fsp3) is 0.500. The maximum Gasteiger partial charge on any atom is 0.102 e. The van der Waals surface area contributed by atoms with Gasteiger partial charge in [-0.25, -0.2) is 0 Å². The van der Waals surface area contributed by atoms with Gasteiger partial charge >= 0.3 is 0 Å². The second kappa shape index (κ2) is 6.05. The van der Waals surface area contributed by atoms with Crippen LogP contribution in [0, 0.1) is 11.8 Å². The van der Waals surface area contributed by atoms with E-state index in [1.807, 2.05) is 6.07 Å². The molecule has 0 aliphatic heterocycles. The number of aryl methyl sites for hydroxylation is 1. The van der Waals surface area contributed by atoms with Crippen molar-refractivity contribution in [1.82, 2.24) is 0 Å². The van der Waals surface area contributed by atoms with Crippen molar-refractivity contribution >= 4 is 0 Å². The van der Waals surface area contributed by atoms with E-state index >= 15 is 0 Å². The molecule has 1 aliphatic carbocycles. The van der Waals surface area contributed by atoms with Gasteiger partial charge in [0.05, 0.1) is 6.04 Å². The van der Waals surface area contributed by atoms with Crippen LogP contribution in [0.5, 0.6) is 0 Å². The molecule has 0 amide bonds. The van der Waals surface area contributed by atoms with Gasteiger partial charge in [-0.3, -0.25) is 0 Å². The molecule has 2 heteroatoms. The number of nitrogens with two attached hydrogens (primary N) is 1. The first-order chi connectivity index (χ1) is 8.68. The average molecular weight is 245 g/mol. The minimum atomic E-state index is -0.242. The van der Waals surface area contributed by atoms with E-state index in [-0.39, 0.29) is 11.8 Å². The fourth-order valence-electron chi connectivity index (χ4n) is 3.14. The first kappa shape index (κ1) is 13.2. The smallest absolute Gasteiger partial charge is 0.102 e. The maximum atomic E-state index is 9.46. The van der Waals surface area contributed by atoms with Gasteiger partial charge in [0.25, 0.3) is 0 Å². The molecule has 1 aliphatic rings. The fourth-order valence-corrected chi connectivity index (χ4v) is 3.14. The number of hydrogen-bond donors (Lipinski definition) is 2. The van der Waals surface area contributed by atoms with Crippen molar-refractivity contribution in [3.8, 4) is 0 Å². The molecule has 1 saturated carbocycles. The predicted octanol–water partition coefficient (Wildman–Crippen LogP) is 3.43. The highest BCUT2D eigenvalue weighted by atomic mass is 16.3. The van der Waals surface area contributed by atoms with Gasteiger partial charge in [-0.05, 0) is 36.7 Å². The van der Waals surface area contributed by atoms with Crippen LogP contribution >= 0.6 is 0 Å². The van der Waals surface area contributed by atoms with E-state index < -0.39 is 0 Å². The van der Waals surface area contributed by atoms with E-state index in [4.69, 9.17) is 5.73 Å². The van der Waals surface area contributed by atoms with Gasteiger partial charge < -0.3 is 10.8 Å². The summed E-state index contributed by atoms with van der Waals surface area (Å²) >= 11 is 0. The Morgan fingerprint density at radius 3 is 2.72 bits per heavy atom. The van der Waals surface area contributed by atoms with E-state index in [1.54, 1.807) is 0 Å². The molecule has 3 unspecified atom stereocenters. The molecule has 0 radical (unpaired) electrons. The summed E-state index contributed by atoms with van der Waals surface area (Å²) in [6.45, 7) is 3.58. The molecule has 3 atom stereocenters. The molecule has 1 fully saturated rings. The van der Waals surface area contributed by atoms with Crippen molar-refractivity contribution < 1.29 is 5.11 Å². The third-order valence-corrected chi connectivity index (χ3v) is 4.21. The van der Waals surface area contributed by atoms with Gasteiger partial charge in [0.1, 0.15) is 5.76 Å². The highest BCUT2D eigenvalue weighted by Gasteiger charge is 2.32. The third-order valence-electron chi connectivity index (χ3n) is 4.21. The van der Waals surface area contributed by atoms with Crippen molar-refractivity contribution in [2.75, 3.05) is 0 Å². The molecule has 98 valence electrons. The zero-order valence-electron chi connectivity index (χ0n) is 10.9. The molecule has 2 rings (SSSR count). The number of aliphatic hydroxyl groups excluding tert-OH is 1. The van der Waals surface area contributed by atoms with Gasteiger partial charge in [-0.15, -0.1) is 0 Å². The molecule has 0 spiro atoms. The number of rotatable bonds is 5. The normalized spacial score (nSPS) is 24.9. The Hall–Kier alpha value is -1.28. The van der Waals surface area contributed by atoms with E-state index in [0.29, 0.717) is 11.8 Å². The Bertz CT molecular complexity index is 387. The maximum absolute atomic E-state index is 9.46. The highest BCUT2D eigenvalue weighted by molar-refractivity contribution is 5.15. The van der Waals surface area contributed by atoms with Crippen LogP contribution < -0.4 is 5.73 Å². The average Bonchev–Trinajstić information content (AvgIpc) is 2.84. The quantitative estimate of drug-likeness (QED) is 0.781. The van der Waals surface area contributed by atoms with Crippen LogP contribution in [0.4, 0.5) is 0 Å². The van der Waals surface area contributed by atoms with Gasteiger partial charge in [-0.2, -0.15) is 0 Å². The monoisotopic (exact) mass is 245 g/mol. The second-order valence-electron chi connectivity index (χ2n) is 5.40. The minimum absolute atomic E-state index is 0.145. The Balaban J connectivity index is 1.90. The van der Waals surface area contributed by atoms with E-state index in [1.165, 1.54) is 18.4 Å². The Kier molecular flexibility index (Phi) is 4.43. The zero-order chi connectivity index (χ0) is 13.0. The van der Waals surface area contributed by atoms with Crippen LogP contribution in [0.15, 0.2) is 42.7 Å². The van der Waals surface area contributed by atoms with Crippen molar-refractivity contribution in [2.24, 2.45) is 17.6 Å². The Morgan fingerprint density at radius 1 is 1.33 bits per heavy atom. The molecule has 0 heterocycles. The van der Waals surface area contributed by atoms with Crippen LogP contribution in [0.1, 0.15) is 31.2 Å². The van der Waals surface area contributed by atoms with Crippen molar-refractivity contribution in [2.45, 2.75) is 38.1 Å². The van der Waals surface area contributed by atoms with Crippen molar-refractivity contribution in [1.29, 1.82) is 0 Å². The first-order valence-corrected chi connectivity index (χ1v) is 6.85. The second-order valence-corrected chi connectivity index (χ2v) is 5.40. The number of benzene rings is 1. The molecule has 0 saturated heterocycles. The van der Waals surface area contributed by atoms with E-state index in [9.17, 15) is 5.11 Å². The number of hydrogen-bond acceptors (Lipinski definition) is 2. The largest absolute Gasteiger partial charge is 0.511 e. The third kappa shape index (κ3) is 3.14. The summed E-state index contributed by atoms with van der Waals surface area (Å²) in [6, 6.07) is 10.3. The van der Waals surface area contributed by atoms with Gasteiger partial charge in [-0.1, -0.05) is 49.8 Å². The van der Waals surface area contributed by atoms with Gasteiger partial charge in [0.2, 0.25) is 0 Å². The van der Waals surface area contributed by atoms with Gasteiger partial charge in [0, 0.05) is 0 Å². The minimum Gasteiger partial charge on any atom is -0.511 e. The number of aliphatic hydroxyl groups is 1. The molecule has 3 N–H and O–H groups in total. The summed E-state index contributed by atoms with van der Waals surface area (Å²) in [7, 11) is 0. The van der Waals surface area contributed by atoms with Crippen LogP contribution in [0.2, 0.25) is 0 Å². The molecule has 1 aromatic carbocycles. The SMILES string of the molecule is C=C(O)C(N)C1CCCC1CCc1ccccc1. The van der Waals surface area contributed by atoms with Crippen LogP contribution in [0.3, 0.4) is 0 Å². The molecule has 2 nitrogen and oxygen atoms in total. The topological polar surface area (TPSA) is 46.2 Å². The van der Waals surface area contributed by atoms with E-state index in [0.717, 1.165) is 19.3 Å². The van der Waals surface area contributed by atoms with Crippen LogP contribution in [0.25, 0.3) is 0 Å². The lowest BCUT2D eigenvalue weighted by atomic mass is 9.85. The summed E-state index contributed by atoms with van der Waals surface area (Å²) in [5.41, 5.74) is 7.42. The molecule has 18 heavy (non-hydrogen) atoms. The molecule has 0 aromatic heterocycles. The lowest BCUT2D eigenvalue weighted by Gasteiger charge is -2.25. The van der Waals surface area contributed by atoms with Crippen molar-refractivity contribution in [3.63, 3.8) is 0 Å².